The van der Waals surface area contributed by atoms with Crippen molar-refractivity contribution in [2.45, 2.75) is 6.61 Å². The Morgan fingerprint density at radius 2 is 1.75 bits per heavy atom. The molecule has 0 unspecified atom stereocenters. The molecule has 0 amide bonds. The Hall–Kier alpha value is -3.13. The lowest BCUT2D eigenvalue weighted by molar-refractivity contribution is -0.672. The molecule has 0 aliphatic carbocycles. The number of methoxy groups -OCH3 is 1. The molecule has 8 heteroatoms. The number of para-hydroxylation sites is 2. The van der Waals surface area contributed by atoms with Crippen molar-refractivity contribution in [3.05, 3.63) is 64.5 Å². The molecular formula is C16H16N4O4. The number of anilines is 1. The molecular weight excluding hydrogens is 312 g/mol. The van der Waals surface area contributed by atoms with E-state index in [4.69, 9.17) is 9.47 Å². The van der Waals surface area contributed by atoms with E-state index in [9.17, 15) is 10.4 Å². The van der Waals surface area contributed by atoms with Crippen LogP contribution in [0.5, 0.6) is 5.75 Å². The van der Waals surface area contributed by atoms with Crippen molar-refractivity contribution in [2.75, 3.05) is 19.2 Å². The van der Waals surface area contributed by atoms with Gasteiger partial charge < -0.3 is 19.9 Å². The summed E-state index contributed by atoms with van der Waals surface area (Å²) in [5, 5.41) is 30.4. The lowest BCUT2D eigenvalue weighted by Gasteiger charge is -2.10. The first-order chi connectivity index (χ1) is 11.7. The van der Waals surface area contributed by atoms with Gasteiger partial charge in [-0.05, 0) is 23.8 Å². The number of ether oxygens (including phenoxy) is 2. The number of rotatable bonds is 6. The smallest absolute Gasteiger partial charge is 0.462 e. The average Bonchev–Trinajstić information content (AvgIpc) is 2.63. The minimum absolute atomic E-state index is 0.0413. The zero-order valence-electron chi connectivity index (χ0n) is 13.0. The van der Waals surface area contributed by atoms with Crippen LogP contribution in [0.4, 0.5) is 5.95 Å². The van der Waals surface area contributed by atoms with E-state index in [0.29, 0.717) is 16.2 Å². The van der Waals surface area contributed by atoms with Gasteiger partial charge in [-0.3, -0.25) is 0 Å². The van der Waals surface area contributed by atoms with Gasteiger partial charge in [0.2, 0.25) is 5.10 Å². The number of nitrogens with one attached hydrogen (secondary N) is 1. The van der Waals surface area contributed by atoms with E-state index in [1.807, 2.05) is 24.3 Å². The summed E-state index contributed by atoms with van der Waals surface area (Å²) in [6.45, 7) is 0.389. The van der Waals surface area contributed by atoms with Crippen LogP contribution in [0.25, 0.3) is 11.0 Å². The number of benzene rings is 2. The second kappa shape index (κ2) is 6.97. The van der Waals surface area contributed by atoms with E-state index in [1.165, 1.54) is 6.07 Å². The third-order valence-corrected chi connectivity index (χ3v) is 3.44. The zero-order valence-corrected chi connectivity index (χ0v) is 13.0. The predicted molar refractivity (Wildman–Crippen MR) is 85.9 cm³/mol. The summed E-state index contributed by atoms with van der Waals surface area (Å²) in [5.41, 5.74) is 1.40. The SMILES string of the molecule is COc1ccc(COCNc2n[n+]([O-])c3ccccc3[n+]2[O-])cc1. The largest absolute Gasteiger partial charge is 0.739 e. The molecule has 8 nitrogen and oxygen atoms in total. The number of nitrogens with zero attached hydrogens (tertiary/aromatic N) is 3. The molecule has 2 aromatic carbocycles. The van der Waals surface area contributed by atoms with Crippen LogP contribution in [-0.2, 0) is 11.3 Å². The molecule has 0 saturated heterocycles. The molecule has 1 aromatic heterocycles. The van der Waals surface area contributed by atoms with Gasteiger partial charge in [-0.2, -0.15) is 0 Å². The van der Waals surface area contributed by atoms with E-state index in [-0.39, 0.29) is 23.7 Å². The summed E-state index contributed by atoms with van der Waals surface area (Å²) in [6, 6.07) is 13.9. The molecule has 0 fully saturated rings. The topological polar surface area (TPSA) is 97.3 Å². The van der Waals surface area contributed by atoms with Crippen molar-refractivity contribution in [3.63, 3.8) is 0 Å². The van der Waals surface area contributed by atoms with Crippen LogP contribution in [0.2, 0.25) is 0 Å². The maximum absolute atomic E-state index is 12.2. The summed E-state index contributed by atoms with van der Waals surface area (Å²) in [6.07, 6.45) is 0. The van der Waals surface area contributed by atoms with Crippen molar-refractivity contribution in [1.82, 2.24) is 5.10 Å². The van der Waals surface area contributed by atoms with E-state index < -0.39 is 0 Å². The minimum Gasteiger partial charge on any atom is -0.739 e. The summed E-state index contributed by atoms with van der Waals surface area (Å²) in [7, 11) is 1.60. The van der Waals surface area contributed by atoms with Crippen LogP contribution < -0.4 is 19.6 Å². The Morgan fingerprint density at radius 1 is 1.04 bits per heavy atom. The first-order valence-corrected chi connectivity index (χ1v) is 7.26. The molecule has 3 aromatic rings. The Labute approximate surface area is 138 Å². The van der Waals surface area contributed by atoms with Crippen molar-refractivity contribution < 1.29 is 19.0 Å². The van der Waals surface area contributed by atoms with Crippen molar-refractivity contribution in [1.29, 1.82) is 0 Å². The Kier molecular flexibility index (Phi) is 4.57. The molecule has 24 heavy (non-hydrogen) atoms. The fourth-order valence-corrected chi connectivity index (χ4v) is 2.21. The highest BCUT2D eigenvalue weighted by Crippen LogP contribution is 2.12. The van der Waals surface area contributed by atoms with Gasteiger partial charge in [0, 0.05) is 10.9 Å². The number of fused-ring (bicyclic) bond motifs is 1. The Balaban J connectivity index is 1.62. The molecule has 0 saturated carbocycles. The summed E-state index contributed by atoms with van der Waals surface area (Å²) in [4.78, 5) is 0.412. The van der Waals surface area contributed by atoms with E-state index in [0.717, 1.165) is 11.3 Å². The summed E-state index contributed by atoms with van der Waals surface area (Å²) >= 11 is 0. The molecule has 0 spiro atoms. The van der Waals surface area contributed by atoms with Gasteiger partial charge in [-0.25, -0.2) is 10.0 Å². The number of hydrogen-bond donors (Lipinski definition) is 1. The van der Waals surface area contributed by atoms with Gasteiger partial charge in [0.15, 0.2) is 12.2 Å². The number of hydrogen-bond acceptors (Lipinski definition) is 6. The highest BCUT2D eigenvalue weighted by Gasteiger charge is 2.19. The highest BCUT2D eigenvalue weighted by atomic mass is 16.5. The molecule has 0 radical (unpaired) electrons. The van der Waals surface area contributed by atoms with Gasteiger partial charge in [0.25, 0.3) is 5.52 Å². The zero-order chi connectivity index (χ0) is 16.9. The highest BCUT2D eigenvalue weighted by molar-refractivity contribution is 5.67. The standard InChI is InChI=1S/C16H16N4O4/c1-23-13-8-6-12(7-9-13)10-24-11-17-16-18-20(22)15-5-3-2-4-14(15)19(16)21/h2-9H,10-11H2,1H3,(H,17,18). The molecule has 0 aliphatic rings. The second-order valence-corrected chi connectivity index (χ2v) is 5.00. The van der Waals surface area contributed by atoms with Gasteiger partial charge in [0.1, 0.15) is 5.75 Å². The fraction of sp³-hybridized carbons (Fsp3) is 0.188. The van der Waals surface area contributed by atoms with E-state index >= 15 is 0 Å². The normalized spacial score (nSPS) is 10.7. The summed E-state index contributed by atoms with van der Waals surface area (Å²) < 4.78 is 11.1. The van der Waals surface area contributed by atoms with Crippen LogP contribution in [0.3, 0.4) is 0 Å². The van der Waals surface area contributed by atoms with Crippen LogP contribution >= 0.6 is 0 Å². The molecule has 124 valence electrons. The first-order valence-electron chi connectivity index (χ1n) is 7.26. The quantitative estimate of drug-likeness (QED) is 0.315. The van der Waals surface area contributed by atoms with Gasteiger partial charge in [-0.15, -0.1) is 0 Å². The van der Waals surface area contributed by atoms with Crippen LogP contribution in [0.15, 0.2) is 48.5 Å². The average molecular weight is 328 g/mol. The van der Waals surface area contributed by atoms with Crippen molar-refractivity contribution in [2.24, 2.45) is 0 Å². The van der Waals surface area contributed by atoms with Crippen LogP contribution in [0, 0.1) is 10.4 Å². The molecule has 1 N–H and O–H groups in total. The first kappa shape index (κ1) is 15.8. The van der Waals surface area contributed by atoms with Gasteiger partial charge in [0.05, 0.1) is 13.7 Å². The lowest BCUT2D eigenvalue weighted by Crippen LogP contribution is -2.44. The fourth-order valence-electron chi connectivity index (χ4n) is 2.21. The third kappa shape index (κ3) is 3.28. The monoisotopic (exact) mass is 328 g/mol. The van der Waals surface area contributed by atoms with Gasteiger partial charge >= 0.3 is 5.95 Å². The van der Waals surface area contributed by atoms with Crippen molar-refractivity contribution >= 4 is 17.0 Å². The maximum Gasteiger partial charge on any atom is 0.462 e. The lowest BCUT2D eigenvalue weighted by atomic mass is 10.2. The molecule has 0 aliphatic heterocycles. The molecule has 0 atom stereocenters. The predicted octanol–water partition coefficient (Wildman–Crippen LogP) is 1.10. The minimum atomic E-state index is -0.113. The van der Waals surface area contributed by atoms with Crippen molar-refractivity contribution in [3.8, 4) is 5.75 Å². The Morgan fingerprint density at radius 3 is 2.46 bits per heavy atom. The van der Waals surface area contributed by atoms with Crippen LogP contribution in [0.1, 0.15) is 5.56 Å². The third-order valence-electron chi connectivity index (χ3n) is 3.44. The van der Waals surface area contributed by atoms with Gasteiger partial charge in [-0.1, -0.05) is 24.3 Å². The molecule has 0 bridgehead atoms. The van der Waals surface area contributed by atoms with E-state index in [1.54, 1.807) is 25.3 Å². The van der Waals surface area contributed by atoms with Crippen LogP contribution in [-0.4, -0.2) is 18.9 Å². The molecule has 3 rings (SSSR count). The number of aromatic nitrogens is 3. The second-order valence-electron chi connectivity index (χ2n) is 5.00. The Bertz CT molecular complexity index is 839. The molecule has 1 heterocycles. The van der Waals surface area contributed by atoms with E-state index in [2.05, 4.69) is 10.4 Å². The maximum atomic E-state index is 12.2. The summed E-state index contributed by atoms with van der Waals surface area (Å²) in [5.74, 6) is 0.656.